The second kappa shape index (κ2) is 5.87. The molecular formula is C11H23N2O3P. The van der Waals surface area contributed by atoms with E-state index in [0.29, 0.717) is 13.0 Å². The van der Waals surface area contributed by atoms with Crippen LogP contribution in [-0.2, 0) is 4.57 Å². The molecule has 1 aliphatic rings. The first-order valence-electron chi connectivity index (χ1n) is 6.27. The Morgan fingerprint density at radius 1 is 1.53 bits per heavy atom. The molecule has 0 radical (unpaired) electrons. The molecule has 0 aliphatic carbocycles. The fraction of sp³-hybridized carbons (Fsp3) is 0.909. The Labute approximate surface area is 103 Å². The van der Waals surface area contributed by atoms with Gasteiger partial charge in [0, 0.05) is 18.7 Å². The predicted octanol–water partition coefficient (Wildman–Crippen LogP) is 2.21. The van der Waals surface area contributed by atoms with Gasteiger partial charge in [-0.3, -0.25) is 4.57 Å². The number of carbonyl (C=O) groups is 1. The van der Waals surface area contributed by atoms with Crippen molar-refractivity contribution in [2.24, 2.45) is 0 Å². The van der Waals surface area contributed by atoms with Crippen LogP contribution in [0.4, 0.5) is 4.79 Å². The van der Waals surface area contributed by atoms with Gasteiger partial charge in [0.15, 0.2) is 0 Å². The fourth-order valence-corrected chi connectivity index (χ4v) is 3.77. The van der Waals surface area contributed by atoms with Gasteiger partial charge in [0.2, 0.25) is 7.37 Å². The number of nitrogens with one attached hydrogen (secondary N) is 1. The van der Waals surface area contributed by atoms with Gasteiger partial charge in [0.05, 0.1) is 0 Å². The van der Waals surface area contributed by atoms with E-state index in [1.54, 1.807) is 11.8 Å². The lowest BCUT2D eigenvalue weighted by Crippen LogP contribution is -2.50. The largest absolute Gasteiger partial charge is 0.343 e. The SMILES string of the molecule is CCP(=O)(O)[C@@H]1CCCCN1C(=O)NC(C)C. The fourth-order valence-electron chi connectivity index (χ4n) is 2.11. The standard InChI is InChI=1S/C11H23N2O3P/c1-4-17(15,16)10-7-5-6-8-13(10)11(14)12-9(2)3/h9-10H,4-8H2,1-3H3,(H,12,14)(H,15,16)/t10-/m1/s1. The van der Waals surface area contributed by atoms with Crippen LogP contribution in [0.15, 0.2) is 0 Å². The van der Waals surface area contributed by atoms with E-state index in [2.05, 4.69) is 5.32 Å². The van der Waals surface area contributed by atoms with Crippen LogP contribution in [0.2, 0.25) is 0 Å². The van der Waals surface area contributed by atoms with Gasteiger partial charge < -0.3 is 15.1 Å². The highest BCUT2D eigenvalue weighted by molar-refractivity contribution is 7.58. The summed E-state index contributed by atoms with van der Waals surface area (Å²) in [5, 5.41) is 2.79. The summed E-state index contributed by atoms with van der Waals surface area (Å²) < 4.78 is 12.1. The molecule has 1 unspecified atom stereocenters. The zero-order chi connectivity index (χ0) is 13.1. The van der Waals surface area contributed by atoms with E-state index >= 15 is 0 Å². The van der Waals surface area contributed by atoms with Gasteiger partial charge in [-0.25, -0.2) is 4.79 Å². The first-order valence-corrected chi connectivity index (χ1v) is 8.18. The molecule has 0 saturated carbocycles. The molecule has 2 atom stereocenters. The third kappa shape index (κ3) is 3.71. The van der Waals surface area contributed by atoms with Crippen LogP contribution < -0.4 is 5.32 Å². The summed E-state index contributed by atoms with van der Waals surface area (Å²) in [6.07, 6.45) is 2.68. The zero-order valence-electron chi connectivity index (χ0n) is 10.8. The number of carbonyl (C=O) groups excluding carboxylic acids is 1. The summed E-state index contributed by atoms with van der Waals surface area (Å²) in [6.45, 7) is 6.05. The van der Waals surface area contributed by atoms with Gasteiger partial charge in [-0.1, -0.05) is 6.92 Å². The Morgan fingerprint density at radius 3 is 2.71 bits per heavy atom. The van der Waals surface area contributed by atoms with Crippen LogP contribution in [0.3, 0.4) is 0 Å². The summed E-state index contributed by atoms with van der Waals surface area (Å²) in [4.78, 5) is 23.4. The molecule has 0 spiro atoms. The van der Waals surface area contributed by atoms with Crippen molar-refractivity contribution in [2.45, 2.75) is 51.9 Å². The molecule has 0 aromatic carbocycles. The molecule has 100 valence electrons. The molecular weight excluding hydrogens is 239 g/mol. The Bertz CT molecular complexity index is 320. The van der Waals surface area contributed by atoms with Gasteiger partial charge in [0.1, 0.15) is 5.78 Å². The lowest BCUT2D eigenvalue weighted by molar-refractivity contribution is 0.168. The summed E-state index contributed by atoms with van der Waals surface area (Å²) in [7, 11) is -3.24. The highest BCUT2D eigenvalue weighted by Gasteiger charge is 2.38. The Morgan fingerprint density at radius 2 is 2.18 bits per heavy atom. The van der Waals surface area contributed by atoms with Crippen molar-refractivity contribution in [3.63, 3.8) is 0 Å². The van der Waals surface area contributed by atoms with E-state index in [0.717, 1.165) is 12.8 Å². The van der Waals surface area contributed by atoms with Gasteiger partial charge in [-0.05, 0) is 33.1 Å². The van der Waals surface area contributed by atoms with Crippen LogP contribution in [-0.4, -0.2) is 40.4 Å². The van der Waals surface area contributed by atoms with Gasteiger partial charge >= 0.3 is 6.03 Å². The Balaban J connectivity index is 2.79. The summed E-state index contributed by atoms with van der Waals surface area (Å²) in [6, 6.07) is -0.169. The molecule has 5 nitrogen and oxygen atoms in total. The topological polar surface area (TPSA) is 69.6 Å². The zero-order valence-corrected chi connectivity index (χ0v) is 11.7. The van der Waals surface area contributed by atoms with Crippen molar-refractivity contribution >= 4 is 13.4 Å². The van der Waals surface area contributed by atoms with Crippen LogP contribution in [0, 0.1) is 0 Å². The van der Waals surface area contributed by atoms with Crippen molar-refractivity contribution < 1.29 is 14.3 Å². The van der Waals surface area contributed by atoms with Crippen LogP contribution in [0.1, 0.15) is 40.0 Å². The van der Waals surface area contributed by atoms with Gasteiger partial charge in [-0.2, -0.15) is 0 Å². The normalized spacial score (nSPS) is 24.5. The number of urea groups is 1. The minimum Gasteiger partial charge on any atom is -0.343 e. The molecule has 0 bridgehead atoms. The highest BCUT2D eigenvalue weighted by atomic mass is 31.2. The van der Waals surface area contributed by atoms with E-state index in [9.17, 15) is 14.3 Å². The molecule has 0 aromatic rings. The predicted molar refractivity (Wildman–Crippen MR) is 68.4 cm³/mol. The number of piperidine rings is 1. The lowest BCUT2D eigenvalue weighted by atomic mass is 10.1. The molecule has 1 heterocycles. The summed E-state index contributed by atoms with van der Waals surface area (Å²) in [5.41, 5.74) is 0. The number of amides is 2. The van der Waals surface area contributed by atoms with Crippen LogP contribution in [0.25, 0.3) is 0 Å². The maximum Gasteiger partial charge on any atom is 0.318 e. The van der Waals surface area contributed by atoms with Crippen molar-refractivity contribution in [3.8, 4) is 0 Å². The Kier molecular flexibility index (Phi) is 5.02. The van der Waals surface area contributed by atoms with E-state index in [-0.39, 0.29) is 18.2 Å². The molecule has 1 aliphatic heterocycles. The monoisotopic (exact) mass is 262 g/mol. The summed E-state index contributed by atoms with van der Waals surface area (Å²) >= 11 is 0. The van der Waals surface area contributed by atoms with Gasteiger partial charge in [0.25, 0.3) is 0 Å². The van der Waals surface area contributed by atoms with E-state index in [1.165, 1.54) is 0 Å². The van der Waals surface area contributed by atoms with Gasteiger partial charge in [-0.15, -0.1) is 0 Å². The quantitative estimate of drug-likeness (QED) is 0.766. The molecule has 2 amide bonds. The maximum atomic E-state index is 12.1. The Hall–Kier alpha value is -0.540. The second-order valence-electron chi connectivity index (χ2n) is 4.85. The summed E-state index contributed by atoms with van der Waals surface area (Å²) in [5.74, 6) is -0.500. The molecule has 17 heavy (non-hydrogen) atoms. The maximum absolute atomic E-state index is 12.1. The molecule has 1 rings (SSSR count). The highest BCUT2D eigenvalue weighted by Crippen LogP contribution is 2.50. The van der Waals surface area contributed by atoms with E-state index in [4.69, 9.17) is 0 Å². The van der Waals surface area contributed by atoms with Crippen molar-refractivity contribution in [1.29, 1.82) is 0 Å². The van der Waals surface area contributed by atoms with E-state index in [1.807, 2.05) is 13.8 Å². The number of rotatable bonds is 3. The molecule has 0 aromatic heterocycles. The first kappa shape index (κ1) is 14.5. The second-order valence-corrected chi connectivity index (χ2v) is 7.59. The number of hydrogen-bond acceptors (Lipinski definition) is 2. The minimum absolute atomic E-state index is 0.0461. The van der Waals surface area contributed by atoms with Crippen molar-refractivity contribution in [3.05, 3.63) is 0 Å². The average Bonchev–Trinajstić information content (AvgIpc) is 2.28. The number of likely N-dealkylation sites (tertiary alicyclic amines) is 1. The van der Waals surface area contributed by atoms with Crippen molar-refractivity contribution in [1.82, 2.24) is 10.2 Å². The molecule has 6 heteroatoms. The number of hydrogen-bond donors (Lipinski definition) is 2. The number of nitrogens with zero attached hydrogens (tertiary/aromatic N) is 1. The van der Waals surface area contributed by atoms with Crippen LogP contribution in [0.5, 0.6) is 0 Å². The van der Waals surface area contributed by atoms with Crippen LogP contribution >= 0.6 is 7.37 Å². The molecule has 2 N–H and O–H groups in total. The molecule has 1 saturated heterocycles. The first-order chi connectivity index (χ1) is 7.88. The van der Waals surface area contributed by atoms with Crippen molar-refractivity contribution in [2.75, 3.05) is 12.7 Å². The third-order valence-electron chi connectivity index (χ3n) is 3.06. The molecule has 1 fully saturated rings. The van der Waals surface area contributed by atoms with E-state index < -0.39 is 13.2 Å². The minimum atomic E-state index is -3.24. The smallest absolute Gasteiger partial charge is 0.318 e. The average molecular weight is 262 g/mol. The third-order valence-corrected chi connectivity index (χ3v) is 5.44. The lowest BCUT2D eigenvalue weighted by Gasteiger charge is -2.38.